The lowest BCUT2D eigenvalue weighted by atomic mass is 10.1. The van der Waals surface area contributed by atoms with Gasteiger partial charge in [-0.15, -0.1) is 11.3 Å². The minimum absolute atomic E-state index is 0.289. The molecular weight excluding hydrogens is 398 g/mol. The van der Waals surface area contributed by atoms with E-state index in [0.717, 1.165) is 28.8 Å². The van der Waals surface area contributed by atoms with Crippen LogP contribution in [0.2, 0.25) is 0 Å². The monoisotopic (exact) mass is 427 g/mol. The standard InChI is InChI=1S/C19H29N3O4S2/c1-3-22-28(23,24)18-9-8-17(27-18)15-6-7-16(25-12-4-10-20)19(14(15)2)26-13-5-11-21/h6-9,22H,3-5,10-13,20-21H2,1-2H3. The molecule has 0 fully saturated rings. The lowest BCUT2D eigenvalue weighted by molar-refractivity contribution is 0.264. The number of sulfonamides is 1. The summed E-state index contributed by atoms with van der Waals surface area (Å²) in [5, 5.41) is 0. The SMILES string of the molecule is CCNS(=O)(=O)c1ccc(-c2ccc(OCCCN)c(OCCCN)c2C)s1. The zero-order valence-electron chi connectivity index (χ0n) is 16.4. The van der Waals surface area contributed by atoms with Gasteiger partial charge in [-0.05, 0) is 62.7 Å². The first-order chi connectivity index (χ1) is 13.4. The summed E-state index contributed by atoms with van der Waals surface area (Å²) >= 11 is 1.23. The highest BCUT2D eigenvalue weighted by Gasteiger charge is 2.19. The maximum Gasteiger partial charge on any atom is 0.250 e. The van der Waals surface area contributed by atoms with Gasteiger partial charge in [-0.2, -0.15) is 0 Å². The van der Waals surface area contributed by atoms with Crippen molar-refractivity contribution in [1.29, 1.82) is 0 Å². The molecule has 0 saturated heterocycles. The Morgan fingerprint density at radius 1 is 1.04 bits per heavy atom. The van der Waals surface area contributed by atoms with Crippen LogP contribution in [0.3, 0.4) is 0 Å². The van der Waals surface area contributed by atoms with Crippen LogP contribution in [0.4, 0.5) is 0 Å². The summed E-state index contributed by atoms with van der Waals surface area (Å²) in [5.74, 6) is 1.32. The van der Waals surface area contributed by atoms with Crippen LogP contribution in [0.5, 0.6) is 11.5 Å². The van der Waals surface area contributed by atoms with Crippen molar-refractivity contribution >= 4 is 21.4 Å². The van der Waals surface area contributed by atoms with Crippen molar-refractivity contribution in [3.05, 3.63) is 29.8 Å². The molecule has 5 N–H and O–H groups in total. The molecule has 7 nitrogen and oxygen atoms in total. The molecule has 0 saturated carbocycles. The third-order valence-corrected chi connectivity index (χ3v) is 7.17. The maximum atomic E-state index is 12.2. The average molecular weight is 428 g/mol. The fourth-order valence-electron chi connectivity index (χ4n) is 2.62. The van der Waals surface area contributed by atoms with Crippen LogP contribution in [-0.4, -0.2) is 41.3 Å². The van der Waals surface area contributed by atoms with Gasteiger partial charge in [-0.25, -0.2) is 13.1 Å². The number of thiophene rings is 1. The molecule has 0 amide bonds. The number of hydrogen-bond acceptors (Lipinski definition) is 7. The van der Waals surface area contributed by atoms with E-state index in [1.165, 1.54) is 11.3 Å². The van der Waals surface area contributed by atoms with Gasteiger partial charge in [0.2, 0.25) is 10.0 Å². The van der Waals surface area contributed by atoms with Gasteiger partial charge in [-0.3, -0.25) is 0 Å². The van der Waals surface area contributed by atoms with Crippen LogP contribution in [0.25, 0.3) is 10.4 Å². The molecule has 2 aromatic rings. The highest BCUT2D eigenvalue weighted by Crippen LogP contribution is 2.40. The molecule has 0 aliphatic heterocycles. The Hall–Kier alpha value is -1.65. The second-order valence-electron chi connectivity index (χ2n) is 6.17. The normalized spacial score (nSPS) is 11.6. The molecule has 0 aliphatic rings. The smallest absolute Gasteiger partial charge is 0.250 e. The van der Waals surface area contributed by atoms with Crippen LogP contribution in [0, 0.1) is 6.92 Å². The Morgan fingerprint density at radius 3 is 2.36 bits per heavy atom. The summed E-state index contributed by atoms with van der Waals surface area (Å²) in [6.07, 6.45) is 1.48. The predicted molar refractivity (Wildman–Crippen MR) is 114 cm³/mol. The largest absolute Gasteiger partial charge is 0.490 e. The molecule has 0 bridgehead atoms. The van der Waals surface area contributed by atoms with Gasteiger partial charge in [0.1, 0.15) is 4.21 Å². The first-order valence-electron chi connectivity index (χ1n) is 9.33. The second kappa shape index (κ2) is 10.8. The molecule has 1 aromatic carbocycles. The summed E-state index contributed by atoms with van der Waals surface area (Å²) in [7, 11) is -3.47. The third-order valence-electron chi connectivity index (χ3n) is 4.02. The minimum Gasteiger partial charge on any atom is -0.490 e. The Kier molecular flexibility index (Phi) is 8.71. The van der Waals surface area contributed by atoms with Crippen molar-refractivity contribution < 1.29 is 17.9 Å². The lowest BCUT2D eigenvalue weighted by Gasteiger charge is -2.17. The Balaban J connectivity index is 2.37. The van der Waals surface area contributed by atoms with Crippen LogP contribution in [-0.2, 0) is 10.0 Å². The molecule has 9 heteroatoms. The highest BCUT2D eigenvalue weighted by atomic mass is 32.2. The maximum absolute atomic E-state index is 12.2. The highest BCUT2D eigenvalue weighted by molar-refractivity contribution is 7.91. The quantitative estimate of drug-likeness (QED) is 0.448. The topological polar surface area (TPSA) is 117 Å². The Morgan fingerprint density at radius 2 is 1.71 bits per heavy atom. The predicted octanol–water partition coefficient (Wildman–Crippen LogP) is 2.48. The number of ether oxygens (including phenoxy) is 2. The van der Waals surface area contributed by atoms with Gasteiger partial charge < -0.3 is 20.9 Å². The number of benzene rings is 1. The summed E-state index contributed by atoms with van der Waals surface area (Å²) in [5.41, 5.74) is 12.9. The van der Waals surface area contributed by atoms with Gasteiger partial charge in [0.25, 0.3) is 0 Å². The van der Waals surface area contributed by atoms with Crippen molar-refractivity contribution in [3.63, 3.8) is 0 Å². The van der Waals surface area contributed by atoms with E-state index in [9.17, 15) is 8.42 Å². The summed E-state index contributed by atoms with van der Waals surface area (Å²) < 4.78 is 39.1. The van der Waals surface area contributed by atoms with Crippen molar-refractivity contribution in [3.8, 4) is 21.9 Å². The van der Waals surface area contributed by atoms with E-state index in [2.05, 4.69) is 4.72 Å². The first kappa shape index (κ1) is 22.6. The van der Waals surface area contributed by atoms with E-state index in [1.807, 2.05) is 25.1 Å². The van der Waals surface area contributed by atoms with Crippen molar-refractivity contribution in [1.82, 2.24) is 4.72 Å². The van der Waals surface area contributed by atoms with E-state index in [-0.39, 0.29) is 4.21 Å². The van der Waals surface area contributed by atoms with Gasteiger partial charge in [0.15, 0.2) is 11.5 Å². The van der Waals surface area contributed by atoms with Crippen LogP contribution in [0.1, 0.15) is 25.3 Å². The van der Waals surface area contributed by atoms with Gasteiger partial charge in [0.05, 0.1) is 13.2 Å². The Bertz CT molecular complexity index is 866. The third kappa shape index (κ3) is 5.68. The van der Waals surface area contributed by atoms with Crippen molar-refractivity contribution in [2.75, 3.05) is 32.8 Å². The zero-order chi connectivity index (χ0) is 20.6. The van der Waals surface area contributed by atoms with Gasteiger partial charge in [0, 0.05) is 17.0 Å². The molecule has 0 atom stereocenters. The average Bonchev–Trinajstić information content (AvgIpc) is 3.15. The van der Waals surface area contributed by atoms with E-state index in [1.54, 1.807) is 13.0 Å². The number of hydrogen-bond donors (Lipinski definition) is 3. The van der Waals surface area contributed by atoms with E-state index in [4.69, 9.17) is 20.9 Å². The molecule has 28 heavy (non-hydrogen) atoms. The van der Waals surface area contributed by atoms with Gasteiger partial charge >= 0.3 is 0 Å². The van der Waals surface area contributed by atoms with E-state index in [0.29, 0.717) is 44.3 Å². The number of rotatable bonds is 12. The summed E-state index contributed by atoms with van der Waals surface area (Å²) in [4.78, 5) is 0.853. The van der Waals surface area contributed by atoms with Crippen LogP contribution < -0.4 is 25.7 Å². The van der Waals surface area contributed by atoms with E-state index >= 15 is 0 Å². The molecule has 0 spiro atoms. The fourth-order valence-corrected chi connectivity index (χ4v) is 5.09. The van der Waals surface area contributed by atoms with E-state index < -0.39 is 10.0 Å². The van der Waals surface area contributed by atoms with Gasteiger partial charge in [-0.1, -0.05) is 6.92 Å². The molecule has 0 unspecified atom stereocenters. The number of nitrogens with one attached hydrogen (secondary N) is 1. The second-order valence-corrected chi connectivity index (χ2v) is 9.24. The summed E-state index contributed by atoms with van der Waals surface area (Å²) in [6, 6.07) is 7.22. The molecular formula is C19H29N3O4S2. The first-order valence-corrected chi connectivity index (χ1v) is 11.6. The summed E-state index contributed by atoms with van der Waals surface area (Å²) in [6.45, 7) is 6.14. The fraction of sp³-hybridized carbons (Fsp3) is 0.474. The van der Waals surface area contributed by atoms with Crippen LogP contribution in [0.15, 0.2) is 28.5 Å². The molecule has 0 radical (unpaired) electrons. The molecule has 0 aliphatic carbocycles. The minimum atomic E-state index is -3.47. The van der Waals surface area contributed by atoms with Crippen molar-refractivity contribution in [2.24, 2.45) is 11.5 Å². The molecule has 156 valence electrons. The number of nitrogens with two attached hydrogens (primary N) is 2. The molecule has 1 aromatic heterocycles. The molecule has 2 rings (SSSR count). The Labute approximate surface area is 171 Å². The van der Waals surface area contributed by atoms with Crippen molar-refractivity contribution in [2.45, 2.75) is 30.9 Å². The lowest BCUT2D eigenvalue weighted by Crippen LogP contribution is -2.22. The zero-order valence-corrected chi connectivity index (χ0v) is 18.0. The molecule has 1 heterocycles. The van der Waals surface area contributed by atoms with Crippen LogP contribution >= 0.6 is 11.3 Å².